The molecule has 2 fully saturated rings. The van der Waals surface area contributed by atoms with Crippen molar-refractivity contribution in [3.63, 3.8) is 0 Å². The zero-order valence-electron chi connectivity index (χ0n) is 16.9. The van der Waals surface area contributed by atoms with Crippen molar-refractivity contribution in [3.8, 4) is 11.8 Å². The van der Waals surface area contributed by atoms with E-state index in [1.165, 1.54) is 18.2 Å². The molecule has 1 aliphatic carbocycles. The van der Waals surface area contributed by atoms with Gasteiger partial charge in [-0.15, -0.1) is 11.8 Å². The van der Waals surface area contributed by atoms with Gasteiger partial charge in [-0.3, -0.25) is 4.79 Å². The largest absolute Gasteiger partial charge is 0.488 e. The lowest BCUT2D eigenvalue weighted by molar-refractivity contribution is -0.137. The molecule has 0 aromatic rings. The number of halogens is 2. The Bertz CT molecular complexity index is 691. The molecule has 0 spiro atoms. The molecule has 1 heterocycles. The number of ether oxygens (including phenoxy) is 1. The van der Waals surface area contributed by atoms with E-state index in [9.17, 15) is 23.8 Å². The van der Waals surface area contributed by atoms with E-state index >= 15 is 0 Å². The molecule has 3 N–H and O–H groups in total. The van der Waals surface area contributed by atoms with E-state index in [1.54, 1.807) is 0 Å². The topological polar surface area (TPSA) is 87.0 Å². The van der Waals surface area contributed by atoms with Gasteiger partial charge in [-0.1, -0.05) is 26.0 Å². The Kier molecular flexibility index (Phi) is 8.23. The monoisotopic (exact) mass is 412 g/mol. The van der Waals surface area contributed by atoms with Crippen LogP contribution in [0.4, 0.5) is 8.78 Å². The molecule has 0 unspecified atom stereocenters. The van der Waals surface area contributed by atoms with Gasteiger partial charge < -0.3 is 20.1 Å². The van der Waals surface area contributed by atoms with Crippen LogP contribution in [0.1, 0.15) is 52.4 Å². The van der Waals surface area contributed by atoms with Gasteiger partial charge in [-0.05, 0) is 24.8 Å². The minimum Gasteiger partial charge on any atom is -0.488 e. The summed E-state index contributed by atoms with van der Waals surface area (Å²) in [4.78, 5) is 10.5. The van der Waals surface area contributed by atoms with Crippen molar-refractivity contribution >= 4 is 5.97 Å². The van der Waals surface area contributed by atoms with Crippen molar-refractivity contribution in [1.82, 2.24) is 0 Å². The number of alkyl halides is 2. The fourth-order valence-electron chi connectivity index (χ4n) is 3.86. The maximum atomic E-state index is 14.9. The van der Waals surface area contributed by atoms with Crippen molar-refractivity contribution in [2.45, 2.75) is 76.6 Å². The van der Waals surface area contributed by atoms with Gasteiger partial charge in [0.1, 0.15) is 6.10 Å². The van der Waals surface area contributed by atoms with Crippen molar-refractivity contribution in [2.24, 2.45) is 17.8 Å². The Morgan fingerprint density at radius 1 is 1.41 bits per heavy atom. The second kappa shape index (κ2) is 10.2. The van der Waals surface area contributed by atoms with E-state index in [0.717, 1.165) is 6.42 Å². The van der Waals surface area contributed by atoms with Gasteiger partial charge in [0.25, 0.3) is 0 Å². The van der Waals surface area contributed by atoms with Crippen LogP contribution in [-0.4, -0.2) is 45.5 Å². The number of carbonyl (C=O) groups is 1. The molecule has 2 aliphatic rings. The van der Waals surface area contributed by atoms with E-state index in [-0.39, 0.29) is 31.6 Å². The van der Waals surface area contributed by atoms with E-state index in [1.807, 2.05) is 13.8 Å². The number of unbranched alkanes of at least 4 members (excludes halogenated alkanes) is 1. The molecule has 6 atom stereocenters. The third-order valence-corrected chi connectivity index (χ3v) is 5.52. The normalized spacial score (nSPS) is 31.2. The summed E-state index contributed by atoms with van der Waals surface area (Å²) in [6, 6.07) is 0. The molecule has 0 aromatic carbocycles. The lowest BCUT2D eigenvalue weighted by atomic mass is 9.87. The molecule has 29 heavy (non-hydrogen) atoms. The summed E-state index contributed by atoms with van der Waals surface area (Å²) in [5.41, 5.74) is 0. The number of fused-ring (bicyclic) bond motifs is 1. The van der Waals surface area contributed by atoms with Gasteiger partial charge in [-0.2, -0.15) is 8.78 Å². The van der Waals surface area contributed by atoms with Gasteiger partial charge >= 0.3 is 11.9 Å². The van der Waals surface area contributed by atoms with Gasteiger partial charge in [0, 0.05) is 31.6 Å². The maximum absolute atomic E-state index is 14.9. The number of hydrogen-bond donors (Lipinski definition) is 3. The van der Waals surface area contributed by atoms with E-state index in [4.69, 9.17) is 9.84 Å². The van der Waals surface area contributed by atoms with E-state index in [2.05, 4.69) is 11.8 Å². The summed E-state index contributed by atoms with van der Waals surface area (Å²) in [7, 11) is 0. The van der Waals surface area contributed by atoms with Crippen molar-refractivity contribution < 1.29 is 33.6 Å². The summed E-state index contributed by atoms with van der Waals surface area (Å²) in [5, 5.41) is 29.2. The van der Waals surface area contributed by atoms with Crippen LogP contribution in [0.3, 0.4) is 0 Å². The maximum Gasteiger partial charge on any atom is 0.310 e. The van der Waals surface area contributed by atoms with Gasteiger partial charge in [0.05, 0.1) is 18.1 Å². The first-order valence-corrected chi connectivity index (χ1v) is 10.2. The highest BCUT2D eigenvalue weighted by molar-refractivity contribution is 5.66. The fourth-order valence-corrected chi connectivity index (χ4v) is 3.86. The zero-order valence-corrected chi connectivity index (χ0v) is 16.9. The second-order valence-corrected chi connectivity index (χ2v) is 7.80. The van der Waals surface area contributed by atoms with Gasteiger partial charge in [-0.25, -0.2) is 0 Å². The number of rotatable bonds is 8. The number of carboxylic acid groups (broad SMARTS) is 1. The van der Waals surface area contributed by atoms with E-state index < -0.39 is 47.8 Å². The predicted octanol–water partition coefficient (Wildman–Crippen LogP) is 3.51. The lowest BCUT2D eigenvalue weighted by Crippen LogP contribution is -2.33. The standard InChI is InChI=1S/C22H30F2O5/c1-3-4-5-8-14(2)16(25)12-11-15-17(26)13-18-21(15)22(23,24)19(29-18)9-6-7-10-20(27)28/h9,11-12,14-18,21,25-26H,3,6-8,10,13H2,1-2H3,(H,27,28)/t14-,15-,16-,17+,18-,21+/m0/s1. The Morgan fingerprint density at radius 2 is 2.14 bits per heavy atom. The van der Waals surface area contributed by atoms with E-state index in [0.29, 0.717) is 6.42 Å². The molecule has 2 rings (SSSR count). The van der Waals surface area contributed by atoms with Crippen LogP contribution in [-0.2, 0) is 9.53 Å². The minimum absolute atomic E-state index is 0.0923. The van der Waals surface area contributed by atoms with Crippen molar-refractivity contribution in [1.29, 1.82) is 0 Å². The number of aliphatic hydroxyl groups is 2. The van der Waals surface area contributed by atoms with Crippen LogP contribution in [0.2, 0.25) is 0 Å². The Balaban J connectivity index is 2.05. The van der Waals surface area contributed by atoms with Crippen molar-refractivity contribution in [2.75, 3.05) is 0 Å². The highest BCUT2D eigenvalue weighted by Gasteiger charge is 2.63. The summed E-state index contributed by atoms with van der Waals surface area (Å²) >= 11 is 0. The fraction of sp³-hybridized carbons (Fsp3) is 0.682. The lowest BCUT2D eigenvalue weighted by Gasteiger charge is -2.23. The van der Waals surface area contributed by atoms with Crippen molar-refractivity contribution in [3.05, 3.63) is 24.0 Å². The molecule has 1 saturated heterocycles. The third-order valence-electron chi connectivity index (χ3n) is 5.52. The number of aliphatic hydroxyl groups excluding tert-OH is 2. The highest BCUT2D eigenvalue weighted by Crippen LogP contribution is 2.54. The quantitative estimate of drug-likeness (QED) is 0.323. The summed E-state index contributed by atoms with van der Waals surface area (Å²) in [6.45, 7) is 3.77. The van der Waals surface area contributed by atoms with Crippen LogP contribution in [0.5, 0.6) is 0 Å². The average molecular weight is 412 g/mol. The van der Waals surface area contributed by atoms with Crippen LogP contribution >= 0.6 is 0 Å². The molecule has 0 amide bonds. The summed E-state index contributed by atoms with van der Waals surface area (Å²) in [6.07, 6.45) is 3.28. The first-order valence-electron chi connectivity index (χ1n) is 10.2. The third kappa shape index (κ3) is 5.80. The Hall–Kier alpha value is -1.91. The molecule has 162 valence electrons. The van der Waals surface area contributed by atoms with Crippen LogP contribution < -0.4 is 0 Å². The Labute approximate surface area is 170 Å². The first kappa shape index (κ1) is 23.4. The first-order chi connectivity index (χ1) is 13.7. The number of aliphatic carboxylic acids is 1. The van der Waals surface area contributed by atoms with Crippen LogP contribution in [0.15, 0.2) is 24.0 Å². The summed E-state index contributed by atoms with van der Waals surface area (Å²) in [5.74, 6) is -0.947. The Morgan fingerprint density at radius 3 is 2.79 bits per heavy atom. The van der Waals surface area contributed by atoms with Gasteiger partial charge in [0.2, 0.25) is 0 Å². The molecule has 5 nitrogen and oxygen atoms in total. The zero-order chi connectivity index (χ0) is 21.6. The average Bonchev–Trinajstić information content (AvgIpc) is 3.09. The molecular formula is C22H30F2O5. The van der Waals surface area contributed by atoms with Gasteiger partial charge in [0.15, 0.2) is 5.76 Å². The minimum atomic E-state index is -3.25. The molecule has 0 aromatic heterocycles. The molecule has 1 aliphatic heterocycles. The summed E-state index contributed by atoms with van der Waals surface area (Å²) < 4.78 is 35.3. The highest BCUT2D eigenvalue weighted by atomic mass is 19.3. The number of hydrogen-bond acceptors (Lipinski definition) is 4. The molecule has 7 heteroatoms. The van der Waals surface area contributed by atoms with Crippen LogP contribution in [0, 0.1) is 29.6 Å². The smallest absolute Gasteiger partial charge is 0.310 e. The van der Waals surface area contributed by atoms with Crippen LogP contribution in [0.25, 0.3) is 0 Å². The number of carboxylic acids is 1. The molecule has 0 radical (unpaired) electrons. The SMILES string of the molecule is CCC#CC[C@H](C)[C@@H](O)C=C[C@@H]1[C@@H]2[C@H](C[C@H]1O)OC(=CCCCC(=O)O)C2(F)F. The molecule has 1 saturated carbocycles. The molecule has 0 bridgehead atoms. The predicted molar refractivity (Wildman–Crippen MR) is 104 cm³/mol. The molecular weight excluding hydrogens is 382 g/mol. The number of allylic oxidation sites excluding steroid dienone is 2. The second-order valence-electron chi connectivity index (χ2n) is 7.80.